The molecule has 1 atom stereocenters. The minimum atomic E-state index is -0.719. The number of aliphatic hydroxyl groups excluding tert-OH is 1. The third-order valence-corrected chi connectivity index (χ3v) is 4.43. The molecule has 0 bridgehead atoms. The van der Waals surface area contributed by atoms with Gasteiger partial charge in [-0.2, -0.15) is 11.3 Å². The van der Waals surface area contributed by atoms with Crippen molar-refractivity contribution in [1.29, 1.82) is 0 Å². The molecule has 2 amide bonds. The van der Waals surface area contributed by atoms with E-state index in [9.17, 15) is 14.7 Å². The quantitative estimate of drug-likeness (QED) is 0.762. The largest absolute Gasteiger partial charge is 0.387 e. The summed E-state index contributed by atoms with van der Waals surface area (Å²) >= 11 is 1.50. The Labute approximate surface area is 138 Å². The zero-order chi connectivity index (χ0) is 16.2. The minimum absolute atomic E-state index is 0.00966. The summed E-state index contributed by atoms with van der Waals surface area (Å²) in [6.07, 6.45) is 1.15. The van der Waals surface area contributed by atoms with Crippen molar-refractivity contribution < 1.29 is 14.7 Å². The smallest absolute Gasteiger partial charge is 0.251 e. The second-order valence-electron chi connectivity index (χ2n) is 5.63. The molecule has 5 nitrogen and oxygen atoms in total. The Morgan fingerprint density at radius 2 is 2.13 bits per heavy atom. The van der Waals surface area contributed by atoms with E-state index in [1.807, 2.05) is 16.8 Å². The van der Waals surface area contributed by atoms with Gasteiger partial charge in [0.2, 0.25) is 5.91 Å². The van der Waals surface area contributed by atoms with Crippen LogP contribution < -0.4 is 10.6 Å². The van der Waals surface area contributed by atoms with Gasteiger partial charge in [0.25, 0.3) is 5.91 Å². The lowest BCUT2D eigenvalue weighted by Gasteiger charge is -2.11. The molecule has 0 saturated heterocycles. The van der Waals surface area contributed by atoms with Crippen LogP contribution >= 0.6 is 11.3 Å². The number of carbonyl (C=O) groups is 2. The van der Waals surface area contributed by atoms with E-state index in [1.54, 1.807) is 24.3 Å². The van der Waals surface area contributed by atoms with E-state index < -0.39 is 6.10 Å². The molecule has 1 aromatic heterocycles. The molecular formula is C17H18N2O3S. The Balaban J connectivity index is 1.57. The van der Waals surface area contributed by atoms with Gasteiger partial charge in [0, 0.05) is 23.7 Å². The first kappa shape index (κ1) is 15.7. The summed E-state index contributed by atoms with van der Waals surface area (Å²) in [5.74, 6) is -0.148. The van der Waals surface area contributed by atoms with Crippen molar-refractivity contribution in [3.8, 4) is 0 Å². The highest BCUT2D eigenvalue weighted by Gasteiger charge is 2.29. The second kappa shape index (κ2) is 6.93. The molecule has 23 heavy (non-hydrogen) atoms. The molecule has 1 unspecified atom stereocenters. The maximum atomic E-state index is 12.2. The van der Waals surface area contributed by atoms with Gasteiger partial charge in [0.15, 0.2) is 0 Å². The summed E-state index contributed by atoms with van der Waals surface area (Å²) in [6.45, 7) is 0.147. The van der Waals surface area contributed by atoms with Gasteiger partial charge in [-0.25, -0.2) is 0 Å². The summed E-state index contributed by atoms with van der Waals surface area (Å²) in [6, 6.07) is 8.64. The van der Waals surface area contributed by atoms with Crippen molar-refractivity contribution in [3.63, 3.8) is 0 Å². The highest BCUT2D eigenvalue weighted by atomic mass is 32.1. The average molecular weight is 330 g/mol. The number of nitrogens with one attached hydrogen (secondary N) is 2. The van der Waals surface area contributed by atoms with Gasteiger partial charge in [-0.05, 0) is 53.4 Å². The predicted octanol–water partition coefficient (Wildman–Crippen LogP) is 2.56. The van der Waals surface area contributed by atoms with Gasteiger partial charge in [0.1, 0.15) is 0 Å². The number of anilines is 1. The van der Waals surface area contributed by atoms with Crippen LogP contribution in [0.25, 0.3) is 0 Å². The van der Waals surface area contributed by atoms with E-state index in [0.29, 0.717) is 11.3 Å². The van der Waals surface area contributed by atoms with Crippen LogP contribution in [0.15, 0.2) is 41.1 Å². The van der Waals surface area contributed by atoms with Crippen molar-refractivity contribution in [2.45, 2.75) is 18.9 Å². The molecule has 1 heterocycles. The lowest BCUT2D eigenvalue weighted by Crippen LogP contribution is -2.28. The average Bonchev–Trinajstić information content (AvgIpc) is 3.27. The molecule has 1 fully saturated rings. The fourth-order valence-electron chi connectivity index (χ4n) is 2.20. The van der Waals surface area contributed by atoms with Crippen molar-refractivity contribution in [2.75, 3.05) is 11.9 Å². The van der Waals surface area contributed by atoms with Crippen LogP contribution in [0.4, 0.5) is 5.69 Å². The topological polar surface area (TPSA) is 78.4 Å². The van der Waals surface area contributed by atoms with Gasteiger partial charge in [0.05, 0.1) is 6.10 Å². The van der Waals surface area contributed by atoms with Crippen LogP contribution in [0.3, 0.4) is 0 Å². The van der Waals surface area contributed by atoms with Crippen molar-refractivity contribution in [3.05, 3.63) is 52.2 Å². The standard InChI is InChI=1S/C17H18N2O3S/c20-15(13-6-7-23-10-13)9-18-16(21)12-2-1-3-14(8-12)19-17(22)11-4-5-11/h1-3,6-8,10-11,15,20H,4-5,9H2,(H,18,21)(H,19,22). The third kappa shape index (κ3) is 4.18. The van der Waals surface area contributed by atoms with Gasteiger partial charge in [-0.15, -0.1) is 0 Å². The fourth-order valence-corrected chi connectivity index (χ4v) is 2.91. The summed E-state index contributed by atoms with van der Waals surface area (Å²) in [5.41, 5.74) is 1.87. The predicted molar refractivity (Wildman–Crippen MR) is 89.4 cm³/mol. The first-order chi connectivity index (χ1) is 11.1. The summed E-state index contributed by atoms with van der Waals surface area (Å²) in [5, 5.41) is 19.2. The summed E-state index contributed by atoms with van der Waals surface area (Å²) in [7, 11) is 0. The van der Waals surface area contributed by atoms with Crippen molar-refractivity contribution in [1.82, 2.24) is 5.32 Å². The Morgan fingerprint density at radius 1 is 1.30 bits per heavy atom. The van der Waals surface area contributed by atoms with Crippen LogP contribution in [-0.2, 0) is 4.79 Å². The lowest BCUT2D eigenvalue weighted by atomic mass is 10.1. The minimum Gasteiger partial charge on any atom is -0.387 e. The van der Waals surface area contributed by atoms with Gasteiger partial charge >= 0.3 is 0 Å². The molecular weight excluding hydrogens is 312 g/mol. The molecule has 0 radical (unpaired) electrons. The van der Waals surface area contributed by atoms with E-state index in [4.69, 9.17) is 0 Å². The zero-order valence-corrected chi connectivity index (χ0v) is 13.3. The molecule has 2 aromatic rings. The summed E-state index contributed by atoms with van der Waals surface area (Å²) < 4.78 is 0. The number of benzene rings is 1. The monoisotopic (exact) mass is 330 g/mol. The molecule has 1 saturated carbocycles. The lowest BCUT2D eigenvalue weighted by molar-refractivity contribution is -0.117. The molecule has 1 aliphatic rings. The number of hydrogen-bond donors (Lipinski definition) is 3. The van der Waals surface area contributed by atoms with Crippen molar-refractivity contribution >= 4 is 28.8 Å². The van der Waals surface area contributed by atoms with E-state index in [-0.39, 0.29) is 24.3 Å². The Bertz CT molecular complexity index is 696. The third-order valence-electron chi connectivity index (χ3n) is 3.72. The number of amides is 2. The molecule has 0 spiro atoms. The van der Waals surface area contributed by atoms with Gasteiger partial charge in [-0.3, -0.25) is 9.59 Å². The highest BCUT2D eigenvalue weighted by Crippen LogP contribution is 2.30. The number of carbonyl (C=O) groups excluding carboxylic acids is 2. The second-order valence-corrected chi connectivity index (χ2v) is 6.41. The number of aliphatic hydroxyl groups is 1. The molecule has 1 aromatic carbocycles. The molecule has 6 heteroatoms. The number of thiophene rings is 1. The highest BCUT2D eigenvalue weighted by molar-refractivity contribution is 7.07. The zero-order valence-electron chi connectivity index (χ0n) is 12.5. The Kier molecular flexibility index (Phi) is 4.73. The fraction of sp³-hybridized carbons (Fsp3) is 0.294. The molecule has 1 aliphatic carbocycles. The van der Waals surface area contributed by atoms with Crippen LogP contribution in [0.2, 0.25) is 0 Å². The van der Waals surface area contributed by atoms with Crippen LogP contribution in [0.1, 0.15) is 34.9 Å². The number of hydrogen-bond acceptors (Lipinski definition) is 4. The molecule has 0 aliphatic heterocycles. The van der Waals surface area contributed by atoms with E-state index >= 15 is 0 Å². The van der Waals surface area contributed by atoms with Crippen LogP contribution in [0.5, 0.6) is 0 Å². The Morgan fingerprint density at radius 3 is 2.83 bits per heavy atom. The van der Waals surface area contributed by atoms with E-state index in [1.165, 1.54) is 11.3 Å². The molecule has 120 valence electrons. The van der Waals surface area contributed by atoms with Gasteiger partial charge < -0.3 is 15.7 Å². The van der Waals surface area contributed by atoms with Gasteiger partial charge in [-0.1, -0.05) is 6.07 Å². The molecule has 3 rings (SSSR count). The van der Waals surface area contributed by atoms with E-state index in [2.05, 4.69) is 10.6 Å². The normalized spacial score (nSPS) is 15.0. The maximum absolute atomic E-state index is 12.2. The SMILES string of the molecule is O=C(NCC(O)c1ccsc1)c1cccc(NC(=O)C2CC2)c1. The molecule has 3 N–H and O–H groups in total. The summed E-state index contributed by atoms with van der Waals surface area (Å²) in [4.78, 5) is 23.9. The van der Waals surface area contributed by atoms with Crippen LogP contribution in [0, 0.1) is 5.92 Å². The first-order valence-electron chi connectivity index (χ1n) is 7.53. The number of rotatable bonds is 6. The first-order valence-corrected chi connectivity index (χ1v) is 8.47. The van der Waals surface area contributed by atoms with Crippen LogP contribution in [-0.4, -0.2) is 23.5 Å². The van der Waals surface area contributed by atoms with E-state index in [0.717, 1.165) is 18.4 Å². The Hall–Kier alpha value is -2.18. The van der Waals surface area contributed by atoms with Crippen molar-refractivity contribution in [2.24, 2.45) is 5.92 Å². The maximum Gasteiger partial charge on any atom is 0.251 e.